The van der Waals surface area contributed by atoms with Crippen molar-refractivity contribution in [3.63, 3.8) is 0 Å². The number of rotatable bonds is 7. The second kappa shape index (κ2) is 9.43. The average Bonchev–Trinajstić information content (AvgIpc) is 3.18. The third-order valence-electron chi connectivity index (χ3n) is 4.26. The van der Waals surface area contributed by atoms with Crippen molar-refractivity contribution in [1.29, 1.82) is 0 Å². The van der Waals surface area contributed by atoms with Crippen molar-refractivity contribution < 1.29 is 18.7 Å². The van der Waals surface area contributed by atoms with Crippen molar-refractivity contribution in [2.45, 2.75) is 26.0 Å². The first kappa shape index (κ1) is 20.7. The van der Waals surface area contributed by atoms with Crippen LogP contribution in [0.4, 0.5) is 5.69 Å². The molecule has 1 heterocycles. The molecule has 0 unspecified atom stereocenters. The molecule has 6 nitrogen and oxygen atoms in total. The molecule has 0 spiro atoms. The van der Waals surface area contributed by atoms with E-state index in [0.717, 1.165) is 5.56 Å². The quantitative estimate of drug-likeness (QED) is 0.442. The van der Waals surface area contributed by atoms with E-state index in [1.165, 1.54) is 22.9 Å². The van der Waals surface area contributed by atoms with E-state index in [-0.39, 0.29) is 11.7 Å². The van der Waals surface area contributed by atoms with Gasteiger partial charge in [-0.25, -0.2) is 9.78 Å². The first-order valence-corrected chi connectivity index (χ1v) is 10.2. The number of carbonyl (C=O) groups excluding carboxylic acids is 2. The van der Waals surface area contributed by atoms with Crippen LogP contribution >= 0.6 is 11.8 Å². The Balaban J connectivity index is 1.57. The molecule has 0 aliphatic rings. The van der Waals surface area contributed by atoms with Gasteiger partial charge in [-0.3, -0.25) is 4.79 Å². The zero-order chi connectivity index (χ0) is 20.8. The lowest BCUT2D eigenvalue weighted by Gasteiger charge is -2.06. The van der Waals surface area contributed by atoms with Crippen LogP contribution in [0.1, 0.15) is 28.4 Å². The van der Waals surface area contributed by atoms with Gasteiger partial charge in [-0.05, 0) is 56.2 Å². The number of ether oxygens (including phenoxy) is 1. The van der Waals surface area contributed by atoms with Crippen LogP contribution in [0.25, 0.3) is 11.3 Å². The van der Waals surface area contributed by atoms with Gasteiger partial charge >= 0.3 is 5.97 Å². The van der Waals surface area contributed by atoms with E-state index in [2.05, 4.69) is 17.2 Å². The van der Waals surface area contributed by atoms with Crippen LogP contribution < -0.4 is 5.32 Å². The lowest BCUT2D eigenvalue weighted by Crippen LogP contribution is -2.14. The molecule has 7 heteroatoms. The minimum atomic E-state index is -0.420. The Bertz CT molecular complexity index is 1030. The number of nitrogens with zero attached hydrogens (tertiary/aromatic N) is 1. The van der Waals surface area contributed by atoms with E-state index < -0.39 is 5.97 Å². The zero-order valence-corrected chi connectivity index (χ0v) is 17.3. The van der Waals surface area contributed by atoms with Crippen molar-refractivity contribution in [1.82, 2.24) is 4.98 Å². The molecule has 0 radical (unpaired) electrons. The van der Waals surface area contributed by atoms with Crippen LogP contribution in [0.3, 0.4) is 0 Å². The fraction of sp³-hybridized carbons (Fsp3) is 0.227. The Labute approximate surface area is 173 Å². The topological polar surface area (TPSA) is 81.4 Å². The molecule has 0 atom stereocenters. The van der Waals surface area contributed by atoms with Gasteiger partial charge in [0.2, 0.25) is 5.91 Å². The first-order valence-electron chi connectivity index (χ1n) is 9.19. The lowest BCUT2D eigenvalue weighted by atomic mass is 10.1. The Morgan fingerprint density at radius 2 is 1.97 bits per heavy atom. The maximum Gasteiger partial charge on any atom is 0.338 e. The van der Waals surface area contributed by atoms with E-state index >= 15 is 0 Å². The molecule has 2 aromatic carbocycles. The minimum Gasteiger partial charge on any atom is -0.462 e. The average molecular weight is 410 g/mol. The number of amides is 1. The first-order chi connectivity index (χ1) is 14.0. The molecule has 1 N–H and O–H groups in total. The Morgan fingerprint density at radius 3 is 2.72 bits per heavy atom. The second-order valence-electron chi connectivity index (χ2n) is 6.43. The fourth-order valence-corrected chi connectivity index (χ4v) is 3.22. The van der Waals surface area contributed by atoms with Crippen LogP contribution in [-0.2, 0) is 9.53 Å². The monoisotopic (exact) mass is 410 g/mol. The van der Waals surface area contributed by atoms with Crippen molar-refractivity contribution in [3.05, 3.63) is 65.4 Å². The summed E-state index contributed by atoms with van der Waals surface area (Å²) in [5.41, 5.74) is 4.27. The van der Waals surface area contributed by atoms with Crippen LogP contribution in [0.5, 0.6) is 0 Å². The maximum atomic E-state index is 12.2. The Morgan fingerprint density at radius 1 is 1.14 bits per heavy atom. The summed E-state index contributed by atoms with van der Waals surface area (Å²) in [4.78, 5) is 28.3. The van der Waals surface area contributed by atoms with E-state index in [9.17, 15) is 9.59 Å². The van der Waals surface area contributed by atoms with Gasteiger partial charge in [0.15, 0.2) is 5.76 Å². The molecule has 0 saturated carbocycles. The van der Waals surface area contributed by atoms with Crippen molar-refractivity contribution in [3.8, 4) is 11.3 Å². The van der Waals surface area contributed by atoms with E-state index in [1.807, 2.05) is 25.1 Å². The SMILES string of the molecule is CCOC(=O)c1cccc(NC(=O)CSc2ncc(-c3ccc(C)c(C)c3)o2)c1. The number of anilines is 1. The summed E-state index contributed by atoms with van der Waals surface area (Å²) in [6, 6.07) is 12.7. The van der Waals surface area contributed by atoms with Crippen molar-refractivity contribution >= 4 is 29.3 Å². The van der Waals surface area contributed by atoms with Crippen molar-refractivity contribution in [2.75, 3.05) is 17.7 Å². The van der Waals surface area contributed by atoms with Gasteiger partial charge in [0, 0.05) is 11.3 Å². The molecule has 1 amide bonds. The van der Waals surface area contributed by atoms with Gasteiger partial charge in [0.25, 0.3) is 5.22 Å². The summed E-state index contributed by atoms with van der Waals surface area (Å²) in [5.74, 6) is 0.160. The number of benzene rings is 2. The molecule has 3 rings (SSSR count). The predicted molar refractivity (Wildman–Crippen MR) is 113 cm³/mol. The molecule has 0 fully saturated rings. The van der Waals surface area contributed by atoms with E-state index in [0.29, 0.717) is 28.8 Å². The third-order valence-corrected chi connectivity index (χ3v) is 5.10. The molecule has 1 aromatic heterocycles. The lowest BCUT2D eigenvalue weighted by molar-refractivity contribution is -0.113. The number of hydrogen-bond donors (Lipinski definition) is 1. The summed E-state index contributed by atoms with van der Waals surface area (Å²) >= 11 is 1.21. The number of thioether (sulfide) groups is 1. The Hall–Kier alpha value is -3.06. The molecular weight excluding hydrogens is 388 g/mol. The predicted octanol–water partition coefficient (Wildman–Crippen LogP) is 4.87. The standard InChI is InChI=1S/C22H22N2O4S/c1-4-27-21(26)17-6-5-7-18(11-17)24-20(25)13-29-22-23-12-19(28-22)16-9-8-14(2)15(3)10-16/h5-12H,4,13H2,1-3H3,(H,24,25). The summed E-state index contributed by atoms with van der Waals surface area (Å²) in [6.07, 6.45) is 1.66. The molecule has 150 valence electrons. The van der Waals surface area contributed by atoms with Gasteiger partial charge in [0.1, 0.15) is 0 Å². The summed E-state index contributed by atoms with van der Waals surface area (Å²) in [5, 5.41) is 3.19. The maximum absolute atomic E-state index is 12.2. The van der Waals surface area contributed by atoms with Crippen LogP contribution in [0, 0.1) is 13.8 Å². The minimum absolute atomic E-state index is 0.135. The number of esters is 1. The number of hydrogen-bond acceptors (Lipinski definition) is 6. The van der Waals surface area contributed by atoms with Gasteiger partial charge in [-0.1, -0.05) is 30.0 Å². The van der Waals surface area contributed by atoms with Gasteiger partial charge in [0.05, 0.1) is 24.1 Å². The molecular formula is C22H22N2O4S. The van der Waals surface area contributed by atoms with Crippen LogP contribution in [0.2, 0.25) is 0 Å². The highest BCUT2D eigenvalue weighted by molar-refractivity contribution is 7.99. The van der Waals surface area contributed by atoms with E-state index in [4.69, 9.17) is 9.15 Å². The second-order valence-corrected chi connectivity index (χ2v) is 7.35. The molecule has 0 bridgehead atoms. The van der Waals surface area contributed by atoms with Crippen LogP contribution in [0.15, 0.2) is 58.3 Å². The molecule has 29 heavy (non-hydrogen) atoms. The summed E-state index contributed by atoms with van der Waals surface area (Å²) in [6.45, 7) is 6.15. The van der Waals surface area contributed by atoms with Crippen molar-refractivity contribution in [2.24, 2.45) is 0 Å². The van der Waals surface area contributed by atoms with Gasteiger partial charge < -0.3 is 14.5 Å². The van der Waals surface area contributed by atoms with Gasteiger partial charge in [-0.2, -0.15) is 0 Å². The number of nitrogens with one attached hydrogen (secondary N) is 1. The molecule has 0 aliphatic heterocycles. The highest BCUT2D eigenvalue weighted by Gasteiger charge is 2.12. The Kier molecular flexibility index (Phi) is 6.72. The third kappa shape index (κ3) is 5.48. The smallest absolute Gasteiger partial charge is 0.338 e. The fourth-order valence-electron chi connectivity index (χ4n) is 2.62. The normalized spacial score (nSPS) is 10.6. The highest BCUT2D eigenvalue weighted by atomic mass is 32.2. The number of carbonyl (C=O) groups is 2. The van der Waals surface area contributed by atoms with Gasteiger partial charge in [-0.15, -0.1) is 0 Å². The number of aryl methyl sites for hydroxylation is 2. The molecule has 0 saturated heterocycles. The summed E-state index contributed by atoms with van der Waals surface area (Å²) in [7, 11) is 0. The van der Waals surface area contributed by atoms with Crippen LogP contribution in [-0.4, -0.2) is 29.2 Å². The molecule has 3 aromatic rings. The number of oxazole rings is 1. The zero-order valence-electron chi connectivity index (χ0n) is 16.5. The highest BCUT2D eigenvalue weighted by Crippen LogP contribution is 2.27. The number of aromatic nitrogens is 1. The molecule has 0 aliphatic carbocycles. The summed E-state index contributed by atoms with van der Waals surface area (Å²) < 4.78 is 10.7. The van der Waals surface area contributed by atoms with E-state index in [1.54, 1.807) is 37.4 Å². The largest absolute Gasteiger partial charge is 0.462 e.